The quantitative estimate of drug-likeness (QED) is 0.784. The summed E-state index contributed by atoms with van der Waals surface area (Å²) < 4.78 is 5.12. The van der Waals surface area contributed by atoms with Crippen molar-refractivity contribution in [1.29, 1.82) is 0 Å². The summed E-state index contributed by atoms with van der Waals surface area (Å²) in [4.78, 5) is 24.0. The Labute approximate surface area is 140 Å². The molecule has 3 N–H and O–H groups in total. The summed E-state index contributed by atoms with van der Waals surface area (Å²) in [6.07, 6.45) is 0. The number of hydrogen-bond acceptors (Lipinski definition) is 4. The van der Waals surface area contributed by atoms with Crippen molar-refractivity contribution in [1.82, 2.24) is 10.5 Å². The number of hydrogen-bond donors (Lipinski definition) is 3. The highest BCUT2D eigenvalue weighted by atomic mass is 16.5. The fourth-order valence-corrected chi connectivity index (χ4v) is 2.50. The summed E-state index contributed by atoms with van der Waals surface area (Å²) in [5, 5.41) is 12.1. The van der Waals surface area contributed by atoms with Gasteiger partial charge >= 0.3 is 6.03 Å². The van der Waals surface area contributed by atoms with Gasteiger partial charge in [0.15, 0.2) is 0 Å². The molecule has 1 aromatic carbocycles. The molecule has 2 aromatic rings. The fourth-order valence-electron chi connectivity index (χ4n) is 2.50. The molecule has 3 amide bonds. The third-order valence-corrected chi connectivity index (χ3v) is 3.64. The van der Waals surface area contributed by atoms with Gasteiger partial charge in [-0.15, -0.1) is 0 Å². The van der Waals surface area contributed by atoms with E-state index >= 15 is 0 Å². The molecule has 0 saturated carbocycles. The molecule has 7 nitrogen and oxygen atoms in total. The molecule has 0 fully saturated rings. The smallest absolute Gasteiger partial charge is 0.319 e. The summed E-state index contributed by atoms with van der Waals surface area (Å²) in [5.41, 5.74) is 2.71. The van der Waals surface area contributed by atoms with E-state index in [-0.39, 0.29) is 11.9 Å². The molecule has 0 aliphatic rings. The monoisotopic (exact) mass is 330 g/mol. The van der Waals surface area contributed by atoms with Crippen LogP contribution in [0.25, 0.3) is 0 Å². The Morgan fingerprint density at radius 2 is 1.88 bits per heavy atom. The van der Waals surface area contributed by atoms with Crippen molar-refractivity contribution < 1.29 is 14.1 Å². The third kappa shape index (κ3) is 4.13. The van der Waals surface area contributed by atoms with Crippen molar-refractivity contribution in [3.05, 3.63) is 41.3 Å². The van der Waals surface area contributed by atoms with Crippen molar-refractivity contribution in [2.75, 3.05) is 17.2 Å². The molecule has 0 saturated heterocycles. The first-order chi connectivity index (χ1) is 11.4. The molecule has 0 bridgehead atoms. The molecule has 1 heterocycles. The average molecular weight is 330 g/mol. The lowest BCUT2D eigenvalue weighted by atomic mass is 9.98. The Hall–Kier alpha value is -2.83. The van der Waals surface area contributed by atoms with E-state index in [1.807, 2.05) is 13.8 Å². The van der Waals surface area contributed by atoms with Gasteiger partial charge in [0.25, 0.3) is 0 Å². The van der Waals surface area contributed by atoms with Crippen LogP contribution in [0.15, 0.2) is 28.8 Å². The standard InChI is InChI=1S/C17H22N4O3/c1-5-18-17(23)20-14-8-6-7-13(9-14)19-16(22)10(2)15-11(3)21-24-12(15)4/h6-10H,5H2,1-4H3,(H,19,22)(H2,18,20,23)/t10-/m1/s1. The van der Waals surface area contributed by atoms with Gasteiger partial charge in [-0.05, 0) is 45.9 Å². The zero-order valence-corrected chi connectivity index (χ0v) is 14.3. The van der Waals surface area contributed by atoms with Gasteiger partial charge in [-0.25, -0.2) is 4.79 Å². The lowest BCUT2D eigenvalue weighted by Crippen LogP contribution is -2.28. The van der Waals surface area contributed by atoms with E-state index in [0.717, 1.165) is 5.56 Å². The van der Waals surface area contributed by atoms with Gasteiger partial charge in [0.05, 0.1) is 11.6 Å². The Kier molecular flexibility index (Phi) is 5.57. The number of rotatable bonds is 5. The van der Waals surface area contributed by atoms with E-state index in [2.05, 4.69) is 21.1 Å². The van der Waals surface area contributed by atoms with Crippen LogP contribution in [0.5, 0.6) is 0 Å². The van der Waals surface area contributed by atoms with Crippen molar-refractivity contribution in [2.24, 2.45) is 0 Å². The second kappa shape index (κ2) is 7.63. The molecule has 0 aliphatic heterocycles. The van der Waals surface area contributed by atoms with Crippen LogP contribution in [-0.4, -0.2) is 23.6 Å². The fraction of sp³-hybridized carbons (Fsp3) is 0.353. The highest BCUT2D eigenvalue weighted by Crippen LogP contribution is 2.25. The van der Waals surface area contributed by atoms with Crippen LogP contribution in [0.4, 0.5) is 16.2 Å². The Morgan fingerprint density at radius 1 is 1.21 bits per heavy atom. The summed E-state index contributed by atoms with van der Waals surface area (Å²) in [6.45, 7) is 7.78. The van der Waals surface area contributed by atoms with Crippen molar-refractivity contribution in [3.63, 3.8) is 0 Å². The molecule has 0 spiro atoms. The van der Waals surface area contributed by atoms with Gasteiger partial charge in [-0.3, -0.25) is 4.79 Å². The molecule has 0 radical (unpaired) electrons. The Balaban J connectivity index is 2.08. The molecule has 7 heteroatoms. The summed E-state index contributed by atoms with van der Waals surface area (Å²) in [7, 11) is 0. The third-order valence-electron chi connectivity index (χ3n) is 3.64. The molecule has 24 heavy (non-hydrogen) atoms. The molecule has 1 atom stereocenters. The molecule has 2 rings (SSSR count). The van der Waals surface area contributed by atoms with Crippen molar-refractivity contribution in [3.8, 4) is 0 Å². The van der Waals surface area contributed by atoms with Crippen molar-refractivity contribution >= 4 is 23.3 Å². The number of aryl methyl sites for hydroxylation is 2. The second-order valence-electron chi connectivity index (χ2n) is 5.51. The predicted octanol–water partition coefficient (Wildman–Crippen LogP) is 3.18. The van der Waals surface area contributed by atoms with E-state index < -0.39 is 5.92 Å². The van der Waals surface area contributed by atoms with Gasteiger partial charge < -0.3 is 20.5 Å². The molecular formula is C17H22N4O3. The summed E-state index contributed by atoms with van der Waals surface area (Å²) >= 11 is 0. The maximum atomic E-state index is 12.5. The number of aromatic nitrogens is 1. The van der Waals surface area contributed by atoms with Crippen molar-refractivity contribution in [2.45, 2.75) is 33.6 Å². The Morgan fingerprint density at radius 3 is 2.46 bits per heavy atom. The summed E-state index contributed by atoms with van der Waals surface area (Å²) in [6, 6.07) is 6.69. The number of benzene rings is 1. The number of urea groups is 1. The number of nitrogens with one attached hydrogen (secondary N) is 3. The first-order valence-electron chi connectivity index (χ1n) is 7.81. The van der Waals surface area contributed by atoms with Crippen LogP contribution in [0.3, 0.4) is 0 Å². The number of carbonyl (C=O) groups excluding carboxylic acids is 2. The number of amides is 3. The maximum Gasteiger partial charge on any atom is 0.319 e. The number of carbonyl (C=O) groups is 2. The van der Waals surface area contributed by atoms with Gasteiger partial charge in [0.2, 0.25) is 5.91 Å². The molecule has 128 valence electrons. The van der Waals surface area contributed by atoms with E-state index in [1.54, 1.807) is 38.1 Å². The van der Waals surface area contributed by atoms with E-state index in [0.29, 0.717) is 29.4 Å². The van der Waals surface area contributed by atoms with E-state index in [9.17, 15) is 9.59 Å². The minimum absolute atomic E-state index is 0.167. The van der Waals surface area contributed by atoms with Crippen LogP contribution in [0.2, 0.25) is 0 Å². The zero-order valence-electron chi connectivity index (χ0n) is 14.3. The molecular weight excluding hydrogens is 308 g/mol. The largest absolute Gasteiger partial charge is 0.361 e. The van der Waals surface area contributed by atoms with Gasteiger partial charge in [0, 0.05) is 23.5 Å². The molecule has 0 unspecified atom stereocenters. The van der Waals surface area contributed by atoms with Gasteiger partial charge in [0.1, 0.15) is 5.76 Å². The summed E-state index contributed by atoms with van der Waals surface area (Å²) in [5.74, 6) is 0.0811. The van der Waals surface area contributed by atoms with Gasteiger partial charge in [-0.1, -0.05) is 11.2 Å². The van der Waals surface area contributed by atoms with E-state index in [1.165, 1.54) is 0 Å². The van der Waals surface area contributed by atoms with Crippen LogP contribution in [0.1, 0.15) is 36.8 Å². The van der Waals surface area contributed by atoms with E-state index in [4.69, 9.17) is 4.52 Å². The SMILES string of the molecule is CCNC(=O)Nc1cccc(NC(=O)[C@H](C)c2c(C)noc2C)c1. The number of nitrogens with zero attached hydrogens (tertiary/aromatic N) is 1. The average Bonchev–Trinajstić information content (AvgIpc) is 2.86. The van der Waals surface area contributed by atoms with Crippen LogP contribution in [-0.2, 0) is 4.79 Å². The minimum Gasteiger partial charge on any atom is -0.361 e. The predicted molar refractivity (Wildman–Crippen MR) is 92.2 cm³/mol. The molecule has 0 aliphatic carbocycles. The lowest BCUT2D eigenvalue weighted by Gasteiger charge is -2.13. The lowest BCUT2D eigenvalue weighted by molar-refractivity contribution is -0.117. The second-order valence-corrected chi connectivity index (χ2v) is 5.51. The van der Waals surface area contributed by atoms with Crippen LogP contribution in [0, 0.1) is 13.8 Å². The topological polar surface area (TPSA) is 96.3 Å². The molecule has 1 aromatic heterocycles. The maximum absolute atomic E-state index is 12.5. The first-order valence-corrected chi connectivity index (χ1v) is 7.81. The minimum atomic E-state index is -0.392. The zero-order chi connectivity index (χ0) is 17.7. The van der Waals surface area contributed by atoms with Crippen LogP contribution >= 0.6 is 0 Å². The highest BCUT2D eigenvalue weighted by Gasteiger charge is 2.23. The number of anilines is 2. The first kappa shape index (κ1) is 17.5. The highest BCUT2D eigenvalue weighted by molar-refractivity contribution is 5.97. The van der Waals surface area contributed by atoms with Gasteiger partial charge in [-0.2, -0.15) is 0 Å². The van der Waals surface area contributed by atoms with Crippen LogP contribution < -0.4 is 16.0 Å². The normalized spacial score (nSPS) is 11.7. The Bertz CT molecular complexity index is 720.